The lowest BCUT2D eigenvalue weighted by molar-refractivity contribution is 0.102. The van der Waals surface area contributed by atoms with Gasteiger partial charge in [-0.1, -0.05) is 22.0 Å². The molecular weight excluding hydrogens is 412 g/mol. The van der Waals surface area contributed by atoms with E-state index in [1.807, 2.05) is 35.1 Å². The molecule has 1 amide bonds. The van der Waals surface area contributed by atoms with Gasteiger partial charge >= 0.3 is 0 Å². The molecule has 0 fully saturated rings. The summed E-state index contributed by atoms with van der Waals surface area (Å²) in [5.41, 5.74) is 2.70. The van der Waals surface area contributed by atoms with Crippen molar-refractivity contribution >= 4 is 50.2 Å². The Morgan fingerprint density at radius 3 is 2.88 bits per heavy atom. The average molecular weight is 429 g/mol. The predicted octanol–water partition coefficient (Wildman–Crippen LogP) is 4.86. The smallest absolute Gasteiger partial charge is 0.261 e. The van der Waals surface area contributed by atoms with Gasteiger partial charge in [0.1, 0.15) is 5.56 Å². The highest BCUT2D eigenvalue weighted by Crippen LogP contribution is 2.33. The van der Waals surface area contributed by atoms with Crippen LogP contribution in [0.1, 0.15) is 28.9 Å². The summed E-state index contributed by atoms with van der Waals surface area (Å²) in [6.45, 7) is 2.10. The summed E-state index contributed by atoms with van der Waals surface area (Å²) in [4.78, 5) is 26.8. The molecule has 0 radical (unpaired) electrons. The van der Waals surface area contributed by atoms with Gasteiger partial charge < -0.3 is 9.88 Å². The number of carbonyl (C=O) groups is 1. The number of rotatable bonds is 3. The Labute approximate surface area is 163 Å². The fourth-order valence-corrected chi connectivity index (χ4v) is 4.49. The van der Waals surface area contributed by atoms with E-state index in [-0.39, 0.29) is 22.9 Å². The van der Waals surface area contributed by atoms with Crippen molar-refractivity contribution in [2.45, 2.75) is 24.3 Å². The van der Waals surface area contributed by atoms with Crippen molar-refractivity contribution in [3.8, 4) is 0 Å². The number of halogens is 1. The van der Waals surface area contributed by atoms with Crippen LogP contribution in [0.2, 0.25) is 0 Å². The molecule has 132 valence electrons. The zero-order chi connectivity index (χ0) is 18.4. The maximum Gasteiger partial charge on any atom is 0.261 e. The van der Waals surface area contributed by atoms with Crippen LogP contribution in [0.5, 0.6) is 0 Å². The number of amides is 1. The van der Waals surface area contributed by atoms with Gasteiger partial charge in [0.25, 0.3) is 5.91 Å². The van der Waals surface area contributed by atoms with Crippen molar-refractivity contribution in [3.63, 3.8) is 0 Å². The summed E-state index contributed by atoms with van der Waals surface area (Å²) < 4.78 is 2.91. The Morgan fingerprint density at radius 1 is 1.31 bits per heavy atom. The second-order valence-corrected chi connectivity index (χ2v) is 8.27. The van der Waals surface area contributed by atoms with Gasteiger partial charge in [0.2, 0.25) is 5.43 Å². The first-order valence-electron chi connectivity index (χ1n) is 8.30. The van der Waals surface area contributed by atoms with E-state index in [9.17, 15) is 9.59 Å². The highest BCUT2D eigenvalue weighted by Gasteiger charge is 2.25. The quantitative estimate of drug-likeness (QED) is 0.606. The SMILES string of the molecule is CSc1cccc(NC(=O)c2cn3c4c(cc(Br)cc4c2=O)CC3C)c1. The molecule has 2 aromatic carbocycles. The third-order valence-corrected chi connectivity index (χ3v) is 5.91. The van der Waals surface area contributed by atoms with E-state index in [0.29, 0.717) is 11.1 Å². The number of nitrogens with one attached hydrogen (secondary N) is 1. The molecule has 3 aromatic rings. The first-order chi connectivity index (χ1) is 12.5. The van der Waals surface area contributed by atoms with Crippen LogP contribution in [0.3, 0.4) is 0 Å². The topological polar surface area (TPSA) is 51.1 Å². The highest BCUT2D eigenvalue weighted by atomic mass is 79.9. The minimum absolute atomic E-state index is 0.171. The molecule has 0 saturated heterocycles. The third-order valence-electron chi connectivity index (χ3n) is 4.73. The van der Waals surface area contributed by atoms with E-state index < -0.39 is 0 Å². The monoisotopic (exact) mass is 428 g/mol. The lowest BCUT2D eigenvalue weighted by Gasteiger charge is -2.13. The lowest BCUT2D eigenvalue weighted by atomic mass is 10.1. The van der Waals surface area contributed by atoms with E-state index in [1.54, 1.807) is 24.0 Å². The number of benzene rings is 2. The molecule has 6 heteroatoms. The fraction of sp³-hybridized carbons (Fsp3) is 0.200. The second kappa shape index (κ2) is 6.59. The molecule has 1 aliphatic rings. The van der Waals surface area contributed by atoms with Gasteiger partial charge in [-0.25, -0.2) is 0 Å². The van der Waals surface area contributed by atoms with Crippen molar-refractivity contribution in [1.82, 2.24) is 4.57 Å². The summed E-state index contributed by atoms with van der Waals surface area (Å²) in [7, 11) is 0. The number of aromatic nitrogens is 1. The van der Waals surface area contributed by atoms with Crippen LogP contribution in [-0.2, 0) is 6.42 Å². The second-order valence-electron chi connectivity index (χ2n) is 6.48. The van der Waals surface area contributed by atoms with Crippen LogP contribution >= 0.6 is 27.7 Å². The molecular formula is C20H17BrN2O2S. The Balaban J connectivity index is 1.81. The Kier molecular flexibility index (Phi) is 4.40. The Morgan fingerprint density at radius 2 is 2.12 bits per heavy atom. The van der Waals surface area contributed by atoms with Crippen molar-refractivity contribution in [2.24, 2.45) is 0 Å². The molecule has 4 rings (SSSR count). The number of hydrogen-bond donors (Lipinski definition) is 1. The third kappa shape index (κ3) is 2.87. The van der Waals surface area contributed by atoms with Crippen LogP contribution in [-0.4, -0.2) is 16.7 Å². The van der Waals surface area contributed by atoms with Gasteiger partial charge in [-0.2, -0.15) is 0 Å². The largest absolute Gasteiger partial charge is 0.343 e. The van der Waals surface area contributed by atoms with Crippen LogP contribution in [0.4, 0.5) is 5.69 Å². The standard InChI is InChI=1S/C20H17BrN2O2S/c1-11-6-12-7-13(21)8-16-18(12)23(11)10-17(19(16)24)20(25)22-14-4-3-5-15(9-14)26-2/h3-5,7-11H,6H2,1-2H3,(H,22,25). The molecule has 1 atom stereocenters. The minimum atomic E-state index is -0.375. The molecule has 0 aliphatic carbocycles. The normalized spacial score (nSPS) is 15.4. The fourth-order valence-electron chi connectivity index (χ4n) is 3.52. The van der Waals surface area contributed by atoms with Crippen molar-refractivity contribution < 1.29 is 4.79 Å². The van der Waals surface area contributed by atoms with Gasteiger partial charge in [-0.15, -0.1) is 11.8 Å². The minimum Gasteiger partial charge on any atom is -0.343 e. The van der Waals surface area contributed by atoms with Crippen LogP contribution < -0.4 is 10.7 Å². The van der Waals surface area contributed by atoms with Gasteiger partial charge in [0.05, 0.1) is 5.52 Å². The van der Waals surface area contributed by atoms with E-state index in [4.69, 9.17) is 0 Å². The molecule has 0 spiro atoms. The summed E-state index contributed by atoms with van der Waals surface area (Å²) in [5.74, 6) is -0.375. The maximum atomic E-state index is 13.0. The van der Waals surface area contributed by atoms with E-state index >= 15 is 0 Å². The van der Waals surface area contributed by atoms with Gasteiger partial charge in [-0.3, -0.25) is 9.59 Å². The zero-order valence-electron chi connectivity index (χ0n) is 14.4. The molecule has 1 aromatic heterocycles. The first-order valence-corrected chi connectivity index (χ1v) is 10.3. The Hall–Kier alpha value is -2.05. The molecule has 26 heavy (non-hydrogen) atoms. The van der Waals surface area contributed by atoms with Gasteiger partial charge in [0.15, 0.2) is 0 Å². The Bertz CT molecular complexity index is 1110. The van der Waals surface area contributed by atoms with E-state index in [0.717, 1.165) is 26.9 Å². The highest BCUT2D eigenvalue weighted by molar-refractivity contribution is 9.10. The zero-order valence-corrected chi connectivity index (χ0v) is 16.8. The molecule has 1 N–H and O–H groups in total. The number of hydrogen-bond acceptors (Lipinski definition) is 3. The number of anilines is 1. The van der Waals surface area contributed by atoms with Gasteiger partial charge in [-0.05, 0) is 55.5 Å². The number of nitrogens with zero attached hydrogens (tertiary/aromatic N) is 1. The first kappa shape index (κ1) is 17.4. The molecule has 1 aliphatic heterocycles. The predicted molar refractivity (Wildman–Crippen MR) is 110 cm³/mol. The van der Waals surface area contributed by atoms with Gasteiger partial charge in [0, 0.05) is 32.7 Å². The van der Waals surface area contributed by atoms with Crippen LogP contribution in [0.25, 0.3) is 10.9 Å². The molecule has 1 unspecified atom stereocenters. The van der Waals surface area contributed by atoms with Crippen molar-refractivity contribution in [3.05, 3.63) is 68.4 Å². The average Bonchev–Trinajstić information content (AvgIpc) is 2.93. The number of thioether (sulfide) groups is 1. The van der Waals surface area contributed by atoms with Crippen molar-refractivity contribution in [1.29, 1.82) is 0 Å². The van der Waals surface area contributed by atoms with Crippen molar-refractivity contribution in [2.75, 3.05) is 11.6 Å². The summed E-state index contributed by atoms with van der Waals surface area (Å²) >= 11 is 5.08. The molecule has 2 heterocycles. The number of carbonyl (C=O) groups excluding carboxylic acids is 1. The molecule has 4 nitrogen and oxygen atoms in total. The van der Waals surface area contributed by atoms with E-state index in [2.05, 4.69) is 34.2 Å². The van der Waals surface area contributed by atoms with Crippen LogP contribution in [0.15, 0.2) is 56.8 Å². The summed E-state index contributed by atoms with van der Waals surface area (Å²) in [6, 6.07) is 11.7. The summed E-state index contributed by atoms with van der Waals surface area (Å²) in [5, 5.41) is 3.45. The summed E-state index contributed by atoms with van der Waals surface area (Å²) in [6.07, 6.45) is 4.54. The lowest BCUT2D eigenvalue weighted by Crippen LogP contribution is -2.23. The van der Waals surface area contributed by atoms with E-state index in [1.165, 1.54) is 0 Å². The number of pyridine rings is 1. The maximum absolute atomic E-state index is 13.0. The molecule has 0 saturated carbocycles. The molecule has 0 bridgehead atoms. The van der Waals surface area contributed by atoms with Crippen LogP contribution in [0, 0.1) is 0 Å².